The van der Waals surface area contributed by atoms with Gasteiger partial charge in [-0.15, -0.1) is 0 Å². The largest absolute Gasteiger partial charge is 0.395 e. The molecule has 3 heteroatoms. The van der Waals surface area contributed by atoms with Gasteiger partial charge in [0.1, 0.15) is 0 Å². The first-order valence-electron chi connectivity index (χ1n) is 5.17. The highest BCUT2D eigenvalue weighted by molar-refractivity contribution is 7.99. The summed E-state index contributed by atoms with van der Waals surface area (Å²) < 4.78 is 0. The zero-order valence-corrected chi connectivity index (χ0v) is 9.44. The number of rotatable bonds is 5. The molecule has 2 N–H and O–H groups in total. The molecule has 0 aliphatic carbocycles. The van der Waals surface area contributed by atoms with E-state index in [4.69, 9.17) is 5.11 Å². The van der Waals surface area contributed by atoms with Gasteiger partial charge in [-0.2, -0.15) is 11.8 Å². The quantitative estimate of drug-likeness (QED) is 0.710. The minimum absolute atomic E-state index is 0.277. The number of thioether (sulfide) groups is 1. The Labute approximate surface area is 85.5 Å². The van der Waals surface area contributed by atoms with E-state index in [0.29, 0.717) is 18.0 Å². The van der Waals surface area contributed by atoms with E-state index in [1.165, 1.54) is 17.9 Å². The van der Waals surface area contributed by atoms with Gasteiger partial charge in [-0.3, -0.25) is 0 Å². The summed E-state index contributed by atoms with van der Waals surface area (Å²) in [6.45, 7) is 4.68. The summed E-state index contributed by atoms with van der Waals surface area (Å²) in [5, 5.41) is 12.7. The molecule has 2 nitrogen and oxygen atoms in total. The van der Waals surface area contributed by atoms with Gasteiger partial charge in [0.15, 0.2) is 0 Å². The molecule has 13 heavy (non-hydrogen) atoms. The third kappa shape index (κ3) is 4.34. The number of hydrogen-bond donors (Lipinski definition) is 2. The van der Waals surface area contributed by atoms with E-state index in [0.717, 1.165) is 6.42 Å². The first-order valence-corrected chi connectivity index (χ1v) is 6.32. The Morgan fingerprint density at radius 2 is 2.31 bits per heavy atom. The van der Waals surface area contributed by atoms with Crippen molar-refractivity contribution in [3.8, 4) is 0 Å². The van der Waals surface area contributed by atoms with Crippen LogP contribution < -0.4 is 5.32 Å². The van der Waals surface area contributed by atoms with Crippen molar-refractivity contribution < 1.29 is 5.11 Å². The predicted octanol–water partition coefficient (Wildman–Crippen LogP) is 1.49. The van der Waals surface area contributed by atoms with Crippen molar-refractivity contribution in [1.29, 1.82) is 0 Å². The number of nitrogens with one attached hydrogen (secondary N) is 1. The maximum absolute atomic E-state index is 9.17. The molecule has 78 valence electrons. The van der Waals surface area contributed by atoms with Gasteiger partial charge in [0.05, 0.1) is 6.61 Å². The zero-order valence-electron chi connectivity index (χ0n) is 8.62. The van der Waals surface area contributed by atoms with Crippen LogP contribution in [0.3, 0.4) is 0 Å². The van der Waals surface area contributed by atoms with E-state index in [-0.39, 0.29) is 6.61 Å². The second kappa shape index (κ2) is 5.89. The predicted molar refractivity (Wildman–Crippen MR) is 59.2 cm³/mol. The highest BCUT2D eigenvalue weighted by Crippen LogP contribution is 2.18. The van der Waals surface area contributed by atoms with Gasteiger partial charge < -0.3 is 10.4 Å². The van der Waals surface area contributed by atoms with Crippen LogP contribution in [0.4, 0.5) is 0 Å². The standard InChI is InChI=1S/C10H21NOS/c1-8(2)5-10(6-12)11-9-3-4-13-7-9/h8-12H,3-7H2,1-2H3/t9-,10+/m1/s1. The Balaban J connectivity index is 2.21. The molecule has 0 aromatic heterocycles. The lowest BCUT2D eigenvalue weighted by molar-refractivity contribution is 0.215. The second-order valence-corrected chi connectivity index (χ2v) is 5.39. The normalized spacial score (nSPS) is 25.4. The Bertz CT molecular complexity index is 135. The topological polar surface area (TPSA) is 32.3 Å². The van der Waals surface area contributed by atoms with Gasteiger partial charge in [-0.05, 0) is 24.5 Å². The molecular formula is C10H21NOS. The summed E-state index contributed by atoms with van der Waals surface area (Å²) in [5.74, 6) is 3.16. The van der Waals surface area contributed by atoms with Gasteiger partial charge in [-0.25, -0.2) is 0 Å². The van der Waals surface area contributed by atoms with Crippen molar-refractivity contribution in [1.82, 2.24) is 5.32 Å². The van der Waals surface area contributed by atoms with Crippen molar-refractivity contribution in [2.45, 2.75) is 38.8 Å². The van der Waals surface area contributed by atoms with Crippen molar-refractivity contribution in [3.63, 3.8) is 0 Å². The maximum Gasteiger partial charge on any atom is 0.0584 e. The Kier molecular flexibility index (Phi) is 5.14. The third-order valence-electron chi connectivity index (χ3n) is 2.38. The molecule has 1 saturated heterocycles. The number of hydrogen-bond acceptors (Lipinski definition) is 3. The lowest BCUT2D eigenvalue weighted by atomic mass is 10.0. The van der Waals surface area contributed by atoms with E-state index < -0.39 is 0 Å². The fourth-order valence-electron chi connectivity index (χ4n) is 1.76. The van der Waals surface area contributed by atoms with E-state index in [9.17, 15) is 0 Å². The molecule has 0 amide bonds. The van der Waals surface area contributed by atoms with Crippen molar-refractivity contribution in [2.75, 3.05) is 18.1 Å². The van der Waals surface area contributed by atoms with Crippen LogP contribution >= 0.6 is 11.8 Å². The van der Waals surface area contributed by atoms with Gasteiger partial charge in [-0.1, -0.05) is 13.8 Å². The average molecular weight is 203 g/mol. The molecule has 0 spiro atoms. The Morgan fingerprint density at radius 1 is 1.54 bits per heavy atom. The van der Waals surface area contributed by atoms with E-state index >= 15 is 0 Å². The van der Waals surface area contributed by atoms with Crippen LogP contribution in [0.2, 0.25) is 0 Å². The lowest BCUT2D eigenvalue weighted by Gasteiger charge is -2.22. The molecule has 0 bridgehead atoms. The summed E-state index contributed by atoms with van der Waals surface area (Å²) in [6.07, 6.45) is 2.34. The highest BCUT2D eigenvalue weighted by Gasteiger charge is 2.19. The summed E-state index contributed by atoms with van der Waals surface area (Å²) in [6, 6.07) is 0.949. The Morgan fingerprint density at radius 3 is 2.77 bits per heavy atom. The van der Waals surface area contributed by atoms with Crippen LogP contribution in [-0.4, -0.2) is 35.3 Å². The molecule has 0 radical (unpaired) electrons. The zero-order chi connectivity index (χ0) is 9.68. The molecule has 0 saturated carbocycles. The van der Waals surface area contributed by atoms with Crippen molar-refractivity contribution in [3.05, 3.63) is 0 Å². The molecule has 1 fully saturated rings. The second-order valence-electron chi connectivity index (χ2n) is 4.24. The van der Waals surface area contributed by atoms with Gasteiger partial charge in [0, 0.05) is 17.8 Å². The number of aliphatic hydroxyl groups excluding tert-OH is 1. The third-order valence-corrected chi connectivity index (χ3v) is 3.54. The summed E-state index contributed by atoms with van der Waals surface area (Å²) in [7, 11) is 0. The molecule has 0 unspecified atom stereocenters. The van der Waals surface area contributed by atoms with E-state index in [1.54, 1.807) is 0 Å². The molecule has 1 aliphatic rings. The lowest BCUT2D eigenvalue weighted by Crippen LogP contribution is -2.41. The minimum atomic E-state index is 0.277. The van der Waals surface area contributed by atoms with Crippen molar-refractivity contribution in [2.24, 2.45) is 5.92 Å². The fourth-order valence-corrected chi connectivity index (χ4v) is 2.93. The molecule has 0 aromatic carbocycles. The van der Waals surface area contributed by atoms with Gasteiger partial charge in [0.25, 0.3) is 0 Å². The van der Waals surface area contributed by atoms with Crippen LogP contribution in [0.5, 0.6) is 0 Å². The maximum atomic E-state index is 9.17. The van der Waals surface area contributed by atoms with E-state index in [2.05, 4.69) is 19.2 Å². The first-order chi connectivity index (χ1) is 6.22. The molecular weight excluding hydrogens is 182 g/mol. The van der Waals surface area contributed by atoms with Crippen LogP contribution in [-0.2, 0) is 0 Å². The summed E-state index contributed by atoms with van der Waals surface area (Å²) >= 11 is 2.01. The smallest absolute Gasteiger partial charge is 0.0584 e. The molecule has 1 heterocycles. The molecule has 2 atom stereocenters. The molecule has 1 rings (SSSR count). The van der Waals surface area contributed by atoms with Crippen LogP contribution in [0.1, 0.15) is 26.7 Å². The summed E-state index contributed by atoms with van der Waals surface area (Å²) in [4.78, 5) is 0. The van der Waals surface area contributed by atoms with E-state index in [1.807, 2.05) is 11.8 Å². The fraction of sp³-hybridized carbons (Fsp3) is 1.00. The Hall–Kier alpha value is 0.270. The first kappa shape index (κ1) is 11.3. The monoisotopic (exact) mass is 203 g/mol. The minimum Gasteiger partial charge on any atom is -0.395 e. The van der Waals surface area contributed by atoms with Crippen molar-refractivity contribution >= 4 is 11.8 Å². The van der Waals surface area contributed by atoms with Crippen LogP contribution in [0.15, 0.2) is 0 Å². The number of aliphatic hydroxyl groups is 1. The van der Waals surface area contributed by atoms with Gasteiger partial charge in [0.2, 0.25) is 0 Å². The summed E-state index contributed by atoms with van der Waals surface area (Å²) in [5.41, 5.74) is 0. The molecule has 0 aromatic rings. The highest BCUT2D eigenvalue weighted by atomic mass is 32.2. The van der Waals surface area contributed by atoms with Gasteiger partial charge >= 0.3 is 0 Å². The molecule has 1 aliphatic heterocycles. The van der Waals surface area contributed by atoms with Crippen LogP contribution in [0, 0.1) is 5.92 Å². The SMILES string of the molecule is CC(C)C[C@@H](CO)N[C@@H]1CCSC1. The van der Waals surface area contributed by atoms with Crippen LogP contribution in [0.25, 0.3) is 0 Å². The average Bonchev–Trinajstić information content (AvgIpc) is 2.55.